The normalized spacial score (nSPS) is 14.4. The van der Waals surface area contributed by atoms with E-state index in [1.807, 2.05) is 60.7 Å². The van der Waals surface area contributed by atoms with E-state index in [0.29, 0.717) is 30.0 Å². The van der Waals surface area contributed by atoms with Gasteiger partial charge in [-0.1, -0.05) is 42.5 Å². The highest BCUT2D eigenvalue weighted by Crippen LogP contribution is 2.41. The Morgan fingerprint density at radius 2 is 1.81 bits per heavy atom. The van der Waals surface area contributed by atoms with Crippen LogP contribution in [0.3, 0.4) is 0 Å². The second-order valence-electron chi connectivity index (χ2n) is 8.83. The SMILES string of the molecule is O=C(O)CCC1c2ccccc2NC(=O)c2c(OCCCCNc3nc4ccccc4[nH]3)cccc21. The first-order chi connectivity index (χ1) is 17.6. The Kier molecular flexibility index (Phi) is 6.84. The van der Waals surface area contributed by atoms with E-state index in [2.05, 4.69) is 20.6 Å². The zero-order chi connectivity index (χ0) is 24.9. The Bertz CT molecular complexity index is 1360. The van der Waals surface area contributed by atoms with E-state index in [4.69, 9.17) is 4.74 Å². The van der Waals surface area contributed by atoms with Crippen molar-refractivity contribution in [3.63, 3.8) is 0 Å². The van der Waals surface area contributed by atoms with Crippen LogP contribution in [0.15, 0.2) is 66.7 Å². The van der Waals surface area contributed by atoms with Gasteiger partial charge in [-0.3, -0.25) is 9.59 Å². The molecule has 3 aromatic carbocycles. The molecule has 4 aromatic rings. The molecule has 4 N–H and O–H groups in total. The summed E-state index contributed by atoms with van der Waals surface area (Å²) in [7, 11) is 0. The van der Waals surface area contributed by atoms with Gasteiger partial charge in [-0.2, -0.15) is 0 Å². The quantitative estimate of drug-likeness (QED) is 0.224. The zero-order valence-electron chi connectivity index (χ0n) is 19.8. The number of para-hydroxylation sites is 3. The van der Waals surface area contributed by atoms with E-state index in [1.165, 1.54) is 0 Å². The first-order valence-electron chi connectivity index (χ1n) is 12.2. The third kappa shape index (κ3) is 5.02. The number of ether oxygens (including phenoxy) is 1. The third-order valence-corrected chi connectivity index (χ3v) is 6.40. The Labute approximate surface area is 208 Å². The number of fused-ring (bicyclic) bond motifs is 3. The van der Waals surface area contributed by atoms with Crippen molar-refractivity contribution in [2.45, 2.75) is 31.6 Å². The largest absolute Gasteiger partial charge is 0.493 e. The van der Waals surface area contributed by atoms with Gasteiger partial charge in [-0.15, -0.1) is 0 Å². The molecule has 1 atom stereocenters. The van der Waals surface area contributed by atoms with Crippen molar-refractivity contribution in [3.8, 4) is 5.75 Å². The maximum atomic E-state index is 13.2. The number of H-pyrrole nitrogens is 1. The fraction of sp³-hybridized carbons (Fsp3) is 0.250. The van der Waals surface area contributed by atoms with Gasteiger partial charge < -0.3 is 25.5 Å². The number of imidazole rings is 1. The summed E-state index contributed by atoms with van der Waals surface area (Å²) < 4.78 is 6.08. The number of unbranched alkanes of at least 4 members (excludes halogenated alkanes) is 1. The van der Waals surface area contributed by atoms with Crippen molar-refractivity contribution < 1.29 is 19.4 Å². The van der Waals surface area contributed by atoms with Gasteiger partial charge in [0.2, 0.25) is 5.95 Å². The Morgan fingerprint density at radius 1 is 1.00 bits per heavy atom. The van der Waals surface area contributed by atoms with Crippen molar-refractivity contribution in [1.29, 1.82) is 0 Å². The van der Waals surface area contributed by atoms with Gasteiger partial charge in [-0.05, 0) is 54.7 Å². The van der Waals surface area contributed by atoms with Gasteiger partial charge in [-0.25, -0.2) is 4.98 Å². The molecule has 0 fully saturated rings. The Hall–Kier alpha value is -4.33. The number of nitrogens with zero attached hydrogens (tertiary/aromatic N) is 1. The Balaban J connectivity index is 1.24. The summed E-state index contributed by atoms with van der Waals surface area (Å²) in [5.74, 6) is -0.0565. The van der Waals surface area contributed by atoms with Crippen molar-refractivity contribution in [2.75, 3.05) is 23.8 Å². The number of hydrogen-bond donors (Lipinski definition) is 4. The lowest BCUT2D eigenvalue weighted by Gasteiger charge is -2.20. The summed E-state index contributed by atoms with van der Waals surface area (Å²) in [4.78, 5) is 32.3. The highest BCUT2D eigenvalue weighted by Gasteiger charge is 2.30. The van der Waals surface area contributed by atoms with Crippen LogP contribution in [-0.2, 0) is 4.79 Å². The van der Waals surface area contributed by atoms with Crippen molar-refractivity contribution >= 4 is 34.5 Å². The molecule has 1 aromatic heterocycles. The van der Waals surface area contributed by atoms with Crippen LogP contribution in [0.2, 0.25) is 0 Å². The second kappa shape index (κ2) is 10.5. The van der Waals surface area contributed by atoms with Gasteiger partial charge in [0.1, 0.15) is 5.75 Å². The Morgan fingerprint density at radius 3 is 2.67 bits per heavy atom. The molecule has 1 amide bonds. The van der Waals surface area contributed by atoms with Crippen LogP contribution < -0.4 is 15.4 Å². The fourth-order valence-corrected chi connectivity index (χ4v) is 4.70. The summed E-state index contributed by atoms with van der Waals surface area (Å²) in [6.45, 7) is 1.20. The molecule has 1 aliphatic heterocycles. The van der Waals surface area contributed by atoms with Crippen LogP contribution in [0.4, 0.5) is 11.6 Å². The number of carbonyl (C=O) groups is 2. The summed E-state index contributed by atoms with van der Waals surface area (Å²) in [6, 6.07) is 21.0. The van der Waals surface area contributed by atoms with Crippen molar-refractivity contribution in [2.24, 2.45) is 0 Å². The average Bonchev–Trinajstić information content (AvgIpc) is 3.24. The lowest BCUT2D eigenvalue weighted by atomic mass is 9.84. The van der Waals surface area contributed by atoms with Crippen LogP contribution in [0.1, 0.15) is 53.1 Å². The molecule has 2 heterocycles. The number of rotatable bonds is 10. The summed E-state index contributed by atoms with van der Waals surface area (Å²) in [5.41, 5.74) is 4.81. The number of carbonyl (C=O) groups excluding carboxylic acids is 1. The molecule has 1 aliphatic rings. The van der Waals surface area contributed by atoms with E-state index in [-0.39, 0.29) is 18.2 Å². The molecule has 0 bridgehead atoms. The van der Waals surface area contributed by atoms with E-state index in [1.54, 1.807) is 6.07 Å². The van der Waals surface area contributed by atoms with Crippen molar-refractivity contribution in [1.82, 2.24) is 9.97 Å². The molecule has 0 radical (unpaired) electrons. The highest BCUT2D eigenvalue weighted by atomic mass is 16.5. The minimum absolute atomic E-state index is 0.00987. The number of nitrogens with one attached hydrogen (secondary N) is 3. The van der Waals surface area contributed by atoms with Crippen molar-refractivity contribution in [3.05, 3.63) is 83.4 Å². The first kappa shape index (κ1) is 23.4. The van der Waals surface area contributed by atoms with Gasteiger partial charge >= 0.3 is 5.97 Å². The minimum atomic E-state index is -0.860. The summed E-state index contributed by atoms with van der Waals surface area (Å²) in [6.07, 6.45) is 2.06. The van der Waals surface area contributed by atoms with Crippen LogP contribution in [0.25, 0.3) is 11.0 Å². The number of carboxylic acids is 1. The maximum Gasteiger partial charge on any atom is 0.303 e. The van der Waals surface area contributed by atoms with Crippen LogP contribution in [-0.4, -0.2) is 40.1 Å². The van der Waals surface area contributed by atoms with Gasteiger partial charge in [0.05, 0.1) is 23.2 Å². The summed E-state index contributed by atoms with van der Waals surface area (Å²) in [5, 5.41) is 15.6. The van der Waals surface area contributed by atoms with Crippen LogP contribution in [0.5, 0.6) is 5.75 Å². The number of benzene rings is 3. The minimum Gasteiger partial charge on any atom is -0.493 e. The number of anilines is 2. The first-order valence-corrected chi connectivity index (χ1v) is 12.2. The van der Waals surface area contributed by atoms with Gasteiger partial charge in [0.25, 0.3) is 5.91 Å². The molecular formula is C28H28N4O4. The number of aliphatic carboxylic acids is 1. The molecule has 0 saturated carbocycles. The fourth-order valence-electron chi connectivity index (χ4n) is 4.70. The molecule has 36 heavy (non-hydrogen) atoms. The highest BCUT2D eigenvalue weighted by molar-refractivity contribution is 6.09. The molecule has 0 aliphatic carbocycles. The molecule has 8 nitrogen and oxygen atoms in total. The number of aromatic nitrogens is 2. The van der Waals surface area contributed by atoms with E-state index in [9.17, 15) is 14.7 Å². The number of amides is 1. The second-order valence-corrected chi connectivity index (χ2v) is 8.83. The van der Waals surface area contributed by atoms with Gasteiger partial charge in [0.15, 0.2) is 0 Å². The van der Waals surface area contributed by atoms with Crippen LogP contribution in [0, 0.1) is 0 Å². The molecule has 1 unspecified atom stereocenters. The molecule has 0 spiro atoms. The predicted molar refractivity (Wildman–Crippen MR) is 139 cm³/mol. The van der Waals surface area contributed by atoms with E-state index < -0.39 is 5.97 Å². The maximum absolute atomic E-state index is 13.2. The number of aromatic amines is 1. The smallest absolute Gasteiger partial charge is 0.303 e. The topological polar surface area (TPSA) is 116 Å². The van der Waals surface area contributed by atoms with Crippen LogP contribution >= 0.6 is 0 Å². The molecule has 0 saturated heterocycles. The molecular weight excluding hydrogens is 456 g/mol. The monoisotopic (exact) mass is 484 g/mol. The third-order valence-electron chi connectivity index (χ3n) is 6.40. The van der Waals surface area contributed by atoms with Gasteiger partial charge in [0, 0.05) is 24.6 Å². The average molecular weight is 485 g/mol. The zero-order valence-corrected chi connectivity index (χ0v) is 19.8. The van der Waals surface area contributed by atoms with E-state index in [0.717, 1.165) is 47.5 Å². The summed E-state index contributed by atoms with van der Waals surface area (Å²) >= 11 is 0. The molecule has 184 valence electrons. The molecule has 8 heteroatoms. The van der Waals surface area contributed by atoms with E-state index >= 15 is 0 Å². The molecule has 5 rings (SSSR count). The lowest BCUT2D eigenvalue weighted by Crippen LogP contribution is -2.15. The number of carboxylic acid groups (broad SMARTS) is 1. The predicted octanol–water partition coefficient (Wildman–Crippen LogP) is 5.40. The lowest BCUT2D eigenvalue weighted by molar-refractivity contribution is -0.137. The number of hydrogen-bond acceptors (Lipinski definition) is 5. The standard InChI is InChI=1S/C28H28N4O4/c33-25(34)15-14-18-19-8-1-2-10-21(19)30-27(35)26-20(18)9-7-13-24(26)36-17-6-5-16-29-28-31-22-11-3-4-12-23(22)32-28/h1-4,7-13,18H,5-6,14-17H2,(H,30,35)(H,33,34)(H2,29,31,32).